The number of benzene rings is 2. The van der Waals surface area contributed by atoms with Crippen LogP contribution in [0.1, 0.15) is 30.7 Å². The molecule has 2 aromatic carbocycles. The molecular weight excluding hydrogens is 438 g/mol. The molecule has 1 atom stereocenters. The molecule has 2 heterocycles. The number of hydrogen-bond donors (Lipinski definition) is 0. The predicted molar refractivity (Wildman–Crippen MR) is 118 cm³/mol. The number of alkyl halides is 4. The second-order valence-electron chi connectivity index (χ2n) is 8.23. The van der Waals surface area contributed by atoms with Gasteiger partial charge in [0, 0.05) is 13.1 Å². The zero-order chi connectivity index (χ0) is 23.6. The molecule has 0 saturated carbocycles. The summed E-state index contributed by atoms with van der Waals surface area (Å²) in [5, 5.41) is -0.454. The molecule has 33 heavy (non-hydrogen) atoms. The quantitative estimate of drug-likeness (QED) is 0.385. The average molecular weight is 463 g/mol. The Balaban J connectivity index is 1.49. The highest BCUT2D eigenvalue weighted by Crippen LogP contribution is 2.33. The van der Waals surface area contributed by atoms with Gasteiger partial charge in [0.25, 0.3) is 5.56 Å². The fourth-order valence-electron chi connectivity index (χ4n) is 4.25. The minimum absolute atomic E-state index is 0.0105. The van der Waals surface area contributed by atoms with Crippen molar-refractivity contribution in [2.45, 2.75) is 38.5 Å². The summed E-state index contributed by atoms with van der Waals surface area (Å²) in [6.45, 7) is 4.17. The van der Waals surface area contributed by atoms with Crippen molar-refractivity contribution in [3.63, 3.8) is 0 Å². The van der Waals surface area contributed by atoms with Crippen LogP contribution in [0, 0.1) is 6.92 Å². The van der Waals surface area contributed by atoms with E-state index in [0.717, 1.165) is 32.0 Å². The lowest BCUT2D eigenvalue weighted by Gasteiger charge is -2.28. The van der Waals surface area contributed by atoms with Crippen molar-refractivity contribution < 1.29 is 22.3 Å². The first-order chi connectivity index (χ1) is 15.7. The van der Waals surface area contributed by atoms with Crippen LogP contribution in [0.2, 0.25) is 0 Å². The van der Waals surface area contributed by atoms with Crippen LogP contribution < -0.4 is 10.3 Å². The number of aryl methyl sites for hydroxylation is 1. The zero-order valence-electron chi connectivity index (χ0n) is 18.2. The van der Waals surface area contributed by atoms with Crippen molar-refractivity contribution in [1.29, 1.82) is 0 Å². The third-order valence-electron chi connectivity index (χ3n) is 5.80. The minimum Gasteiger partial charge on any atom is -0.494 e. The molecule has 1 fully saturated rings. The lowest BCUT2D eigenvalue weighted by atomic mass is 10.1. The first kappa shape index (κ1) is 23.2. The van der Waals surface area contributed by atoms with Crippen LogP contribution in [0.25, 0.3) is 16.6 Å². The van der Waals surface area contributed by atoms with Crippen LogP contribution >= 0.6 is 0 Å². The number of rotatable bonds is 6. The first-order valence-electron chi connectivity index (χ1n) is 10.9. The van der Waals surface area contributed by atoms with Gasteiger partial charge in [-0.05, 0) is 69.1 Å². The van der Waals surface area contributed by atoms with E-state index in [2.05, 4.69) is 9.88 Å². The van der Waals surface area contributed by atoms with E-state index in [4.69, 9.17) is 4.74 Å². The molecular formula is C24H25F4N3O2. The molecule has 0 N–H and O–H groups in total. The Hall–Kier alpha value is -2.94. The molecule has 4 rings (SSSR count). The maximum Gasteiger partial charge on any atom is 0.417 e. The number of fused-ring (bicyclic) bond motifs is 1. The smallest absolute Gasteiger partial charge is 0.417 e. The van der Waals surface area contributed by atoms with Crippen LogP contribution in [0.4, 0.5) is 17.6 Å². The summed E-state index contributed by atoms with van der Waals surface area (Å²) in [4.78, 5) is 19.4. The Bertz CT molecular complexity index is 1180. The van der Waals surface area contributed by atoms with Crippen LogP contribution in [0.5, 0.6) is 5.75 Å². The van der Waals surface area contributed by atoms with Gasteiger partial charge in [-0.25, -0.2) is 9.37 Å². The molecule has 0 spiro atoms. The Morgan fingerprint density at radius 3 is 2.61 bits per heavy atom. The molecule has 0 radical (unpaired) electrons. The highest BCUT2D eigenvalue weighted by molar-refractivity contribution is 5.82. The van der Waals surface area contributed by atoms with Gasteiger partial charge in [0.2, 0.25) is 0 Å². The van der Waals surface area contributed by atoms with E-state index in [1.807, 2.05) is 0 Å². The van der Waals surface area contributed by atoms with Gasteiger partial charge >= 0.3 is 6.18 Å². The van der Waals surface area contributed by atoms with Crippen LogP contribution in [0.3, 0.4) is 0 Å². The summed E-state index contributed by atoms with van der Waals surface area (Å²) < 4.78 is 60.7. The van der Waals surface area contributed by atoms with E-state index in [1.54, 1.807) is 31.2 Å². The third-order valence-corrected chi connectivity index (χ3v) is 5.80. The van der Waals surface area contributed by atoms with Crippen molar-refractivity contribution in [2.24, 2.45) is 0 Å². The fourth-order valence-corrected chi connectivity index (χ4v) is 4.25. The van der Waals surface area contributed by atoms with E-state index in [-0.39, 0.29) is 11.3 Å². The lowest BCUT2D eigenvalue weighted by molar-refractivity contribution is -0.136. The number of nitrogens with zero attached hydrogens (tertiary/aromatic N) is 3. The maximum absolute atomic E-state index is 13.5. The summed E-state index contributed by atoms with van der Waals surface area (Å²) in [5.74, 6) is 0.865. The Labute approximate surface area is 188 Å². The highest BCUT2D eigenvalue weighted by atomic mass is 19.4. The highest BCUT2D eigenvalue weighted by Gasteiger charge is 2.34. The number of ether oxygens (including phenoxy) is 1. The van der Waals surface area contributed by atoms with Crippen molar-refractivity contribution in [3.05, 3.63) is 64.2 Å². The number of piperidine rings is 1. The van der Waals surface area contributed by atoms with E-state index in [9.17, 15) is 22.4 Å². The Morgan fingerprint density at radius 1 is 1.15 bits per heavy atom. The summed E-state index contributed by atoms with van der Waals surface area (Å²) in [6.07, 6.45) is -3.16. The average Bonchev–Trinajstić information content (AvgIpc) is 2.76. The largest absolute Gasteiger partial charge is 0.494 e. The first-order valence-corrected chi connectivity index (χ1v) is 10.9. The lowest BCUT2D eigenvalue weighted by Crippen LogP contribution is -2.37. The number of aromatic nitrogens is 2. The number of hydrogen-bond acceptors (Lipinski definition) is 4. The van der Waals surface area contributed by atoms with Crippen molar-refractivity contribution in [1.82, 2.24) is 14.5 Å². The third kappa shape index (κ3) is 5.19. The minimum atomic E-state index is -4.66. The van der Waals surface area contributed by atoms with E-state index in [1.165, 1.54) is 16.7 Å². The Morgan fingerprint density at radius 2 is 1.91 bits per heavy atom. The predicted octanol–water partition coefficient (Wildman–Crippen LogP) is 4.92. The van der Waals surface area contributed by atoms with Crippen LogP contribution in [-0.2, 0) is 6.18 Å². The zero-order valence-corrected chi connectivity index (χ0v) is 18.2. The molecule has 176 valence electrons. The summed E-state index contributed by atoms with van der Waals surface area (Å²) in [5.41, 5.74) is -1.36. The van der Waals surface area contributed by atoms with Gasteiger partial charge in [-0.2, -0.15) is 13.2 Å². The molecule has 9 heteroatoms. The molecule has 0 aliphatic carbocycles. The van der Waals surface area contributed by atoms with Gasteiger partial charge in [0.1, 0.15) is 17.7 Å². The summed E-state index contributed by atoms with van der Waals surface area (Å²) in [7, 11) is 0. The normalized spacial score (nSPS) is 17.4. The van der Waals surface area contributed by atoms with Crippen LogP contribution in [-0.4, -0.2) is 46.9 Å². The van der Waals surface area contributed by atoms with E-state index < -0.39 is 28.9 Å². The van der Waals surface area contributed by atoms with Crippen molar-refractivity contribution in [2.75, 3.05) is 26.2 Å². The number of likely N-dealkylation sites (tertiary alicyclic amines) is 1. The van der Waals surface area contributed by atoms with Gasteiger partial charge in [-0.15, -0.1) is 0 Å². The molecule has 1 aromatic heterocycles. The standard InChI is InChI=1S/C24H25F4N3O2/c1-16-29-21-7-2-6-20(24(26,27)28)22(21)23(32)31(16)18-8-10-19(11-9-18)33-14-4-13-30-12-3-5-17(25)15-30/h2,6-11,17H,3-5,12-15H2,1H3. The second-order valence-corrected chi connectivity index (χ2v) is 8.23. The molecule has 3 aromatic rings. The summed E-state index contributed by atoms with van der Waals surface area (Å²) >= 11 is 0. The SMILES string of the molecule is Cc1nc2cccc(C(F)(F)F)c2c(=O)n1-c1ccc(OCCCN2CCCC(F)C2)cc1. The van der Waals surface area contributed by atoms with Crippen molar-refractivity contribution in [3.8, 4) is 11.4 Å². The molecule has 1 saturated heterocycles. The number of halogens is 4. The fraction of sp³-hybridized carbons (Fsp3) is 0.417. The molecule has 5 nitrogen and oxygen atoms in total. The molecule has 1 unspecified atom stereocenters. The molecule has 0 bridgehead atoms. The van der Waals surface area contributed by atoms with Gasteiger partial charge in [-0.3, -0.25) is 9.36 Å². The topological polar surface area (TPSA) is 47.4 Å². The maximum atomic E-state index is 13.5. The molecule has 1 aliphatic rings. The van der Waals surface area contributed by atoms with E-state index in [0.29, 0.717) is 31.0 Å². The molecule has 1 aliphatic heterocycles. The van der Waals surface area contributed by atoms with Gasteiger partial charge in [0.05, 0.1) is 28.8 Å². The van der Waals surface area contributed by atoms with Crippen LogP contribution in [0.15, 0.2) is 47.3 Å². The van der Waals surface area contributed by atoms with E-state index >= 15 is 0 Å². The second kappa shape index (κ2) is 9.51. The van der Waals surface area contributed by atoms with Gasteiger partial charge < -0.3 is 9.64 Å². The van der Waals surface area contributed by atoms with Gasteiger partial charge in [0.15, 0.2) is 0 Å². The van der Waals surface area contributed by atoms with Gasteiger partial charge in [-0.1, -0.05) is 6.07 Å². The summed E-state index contributed by atoms with van der Waals surface area (Å²) in [6, 6.07) is 10.1. The Kier molecular flexibility index (Phi) is 6.69. The monoisotopic (exact) mass is 463 g/mol. The van der Waals surface area contributed by atoms with Crippen molar-refractivity contribution >= 4 is 10.9 Å². The molecule has 0 amide bonds.